The normalized spacial score (nSPS) is 18.0. The number of anilines is 1. The summed E-state index contributed by atoms with van der Waals surface area (Å²) >= 11 is 5.93. The zero-order valence-corrected chi connectivity index (χ0v) is 14.0. The van der Waals surface area contributed by atoms with Gasteiger partial charge in [-0.1, -0.05) is 11.6 Å². The van der Waals surface area contributed by atoms with Gasteiger partial charge in [0.2, 0.25) is 0 Å². The molecule has 0 N–H and O–H groups in total. The lowest BCUT2D eigenvalue weighted by molar-refractivity contribution is 0.0297. The number of rotatable bonds is 1. The van der Waals surface area contributed by atoms with Crippen LogP contribution in [0.5, 0.6) is 0 Å². The first-order valence-electron chi connectivity index (χ1n) is 7.50. The molecule has 2 aliphatic heterocycles. The van der Waals surface area contributed by atoms with Gasteiger partial charge in [-0.15, -0.1) is 0 Å². The minimum atomic E-state index is -0.445. The second-order valence-electron chi connectivity index (χ2n) is 6.88. The molecule has 1 aromatic rings. The summed E-state index contributed by atoms with van der Waals surface area (Å²) in [6.45, 7) is 8.77. The van der Waals surface area contributed by atoms with Gasteiger partial charge in [0.25, 0.3) is 0 Å². The number of benzene rings is 1. The summed E-state index contributed by atoms with van der Waals surface area (Å²) < 4.78 is 5.44. The molecular weight excluding hydrogens is 300 g/mol. The van der Waals surface area contributed by atoms with Gasteiger partial charge in [-0.2, -0.15) is 0 Å². The fourth-order valence-corrected chi connectivity index (χ4v) is 3.00. The SMILES string of the molecule is CC(C)(C)OC(=O)N1CC2=C(C1)CN(c1ccc(Cl)cc1)C2. The Morgan fingerprint density at radius 3 is 2.09 bits per heavy atom. The standard InChI is InChI=1S/C17H21ClN2O2/c1-17(2,3)22-16(21)20-10-12-8-19(9-13(12)11-20)15-6-4-14(18)5-7-15/h4-7H,8-11H2,1-3H3. The Bertz CT molecular complexity index is 599. The highest BCUT2D eigenvalue weighted by atomic mass is 35.5. The van der Waals surface area contributed by atoms with Crippen LogP contribution in [0, 0.1) is 0 Å². The lowest BCUT2D eigenvalue weighted by Gasteiger charge is -2.27. The quantitative estimate of drug-likeness (QED) is 0.740. The average Bonchev–Trinajstić information content (AvgIpc) is 2.95. The van der Waals surface area contributed by atoms with E-state index in [2.05, 4.69) is 4.90 Å². The average molecular weight is 321 g/mol. The molecule has 1 amide bonds. The number of carbonyl (C=O) groups is 1. The van der Waals surface area contributed by atoms with Crippen molar-refractivity contribution < 1.29 is 9.53 Å². The van der Waals surface area contributed by atoms with Crippen LogP contribution in [0.4, 0.5) is 10.5 Å². The second-order valence-corrected chi connectivity index (χ2v) is 7.31. The highest BCUT2D eigenvalue weighted by Gasteiger charge is 2.34. The fourth-order valence-electron chi connectivity index (χ4n) is 2.87. The first kappa shape index (κ1) is 15.2. The molecule has 4 nitrogen and oxygen atoms in total. The maximum absolute atomic E-state index is 12.1. The number of ether oxygens (including phenoxy) is 1. The molecule has 0 bridgehead atoms. The van der Waals surface area contributed by atoms with Crippen LogP contribution in [0.2, 0.25) is 5.02 Å². The molecule has 0 aliphatic carbocycles. The Balaban J connectivity index is 1.59. The van der Waals surface area contributed by atoms with E-state index < -0.39 is 5.60 Å². The summed E-state index contributed by atoms with van der Waals surface area (Å²) in [6, 6.07) is 7.90. The van der Waals surface area contributed by atoms with Crippen LogP contribution in [-0.2, 0) is 4.74 Å². The van der Waals surface area contributed by atoms with E-state index in [9.17, 15) is 4.79 Å². The summed E-state index contributed by atoms with van der Waals surface area (Å²) in [6.07, 6.45) is -0.222. The van der Waals surface area contributed by atoms with E-state index in [0.717, 1.165) is 18.1 Å². The largest absolute Gasteiger partial charge is 0.444 e. The van der Waals surface area contributed by atoms with Crippen LogP contribution in [0.3, 0.4) is 0 Å². The van der Waals surface area contributed by atoms with Gasteiger partial charge in [-0.25, -0.2) is 4.79 Å². The van der Waals surface area contributed by atoms with Crippen LogP contribution in [0.15, 0.2) is 35.4 Å². The number of carbonyl (C=O) groups excluding carboxylic acids is 1. The summed E-state index contributed by atoms with van der Waals surface area (Å²) in [5, 5.41) is 0.750. The molecule has 3 rings (SSSR count). The van der Waals surface area contributed by atoms with Gasteiger partial charge in [0.1, 0.15) is 5.60 Å². The fraction of sp³-hybridized carbons (Fsp3) is 0.471. The molecular formula is C17H21ClN2O2. The van der Waals surface area contributed by atoms with Gasteiger partial charge in [-0.05, 0) is 56.2 Å². The van der Waals surface area contributed by atoms with Crippen molar-refractivity contribution in [2.24, 2.45) is 0 Å². The Morgan fingerprint density at radius 1 is 1.05 bits per heavy atom. The molecule has 0 radical (unpaired) electrons. The number of nitrogens with zero attached hydrogens (tertiary/aromatic N) is 2. The van der Waals surface area contributed by atoms with Crippen molar-refractivity contribution in [1.82, 2.24) is 4.90 Å². The van der Waals surface area contributed by atoms with Crippen molar-refractivity contribution in [3.63, 3.8) is 0 Å². The minimum absolute atomic E-state index is 0.222. The van der Waals surface area contributed by atoms with Crippen LogP contribution in [-0.4, -0.2) is 42.8 Å². The molecule has 118 valence electrons. The van der Waals surface area contributed by atoms with Crippen molar-refractivity contribution >= 4 is 23.4 Å². The molecule has 0 saturated heterocycles. The number of hydrogen-bond donors (Lipinski definition) is 0. The molecule has 0 atom stereocenters. The summed E-state index contributed by atoms with van der Waals surface area (Å²) in [5.74, 6) is 0. The summed E-state index contributed by atoms with van der Waals surface area (Å²) in [7, 11) is 0. The second kappa shape index (κ2) is 5.51. The molecule has 2 heterocycles. The lowest BCUT2D eigenvalue weighted by atomic mass is 10.2. The van der Waals surface area contributed by atoms with Gasteiger partial charge < -0.3 is 14.5 Å². The van der Waals surface area contributed by atoms with E-state index >= 15 is 0 Å². The lowest BCUT2D eigenvalue weighted by Crippen LogP contribution is -2.38. The predicted octanol–water partition coefficient (Wildman–Crippen LogP) is 3.71. The smallest absolute Gasteiger partial charge is 0.410 e. The molecule has 22 heavy (non-hydrogen) atoms. The third-order valence-corrected chi connectivity index (χ3v) is 4.12. The Hall–Kier alpha value is -1.68. The molecule has 0 unspecified atom stereocenters. The van der Waals surface area contributed by atoms with E-state index in [0.29, 0.717) is 13.1 Å². The molecule has 5 heteroatoms. The van der Waals surface area contributed by atoms with E-state index in [1.54, 1.807) is 4.90 Å². The maximum atomic E-state index is 12.1. The summed E-state index contributed by atoms with van der Waals surface area (Å²) in [5.41, 5.74) is 3.39. The number of halogens is 1. The monoisotopic (exact) mass is 320 g/mol. The molecule has 0 saturated carbocycles. The zero-order chi connectivity index (χ0) is 15.9. The zero-order valence-electron chi connectivity index (χ0n) is 13.2. The third-order valence-electron chi connectivity index (χ3n) is 3.87. The van der Waals surface area contributed by atoms with Crippen LogP contribution in [0.25, 0.3) is 0 Å². The highest BCUT2D eigenvalue weighted by Crippen LogP contribution is 2.30. The van der Waals surface area contributed by atoms with Crippen molar-refractivity contribution in [1.29, 1.82) is 0 Å². The number of hydrogen-bond acceptors (Lipinski definition) is 3. The summed E-state index contributed by atoms with van der Waals surface area (Å²) in [4.78, 5) is 16.2. The topological polar surface area (TPSA) is 32.8 Å². The van der Waals surface area contributed by atoms with E-state index in [-0.39, 0.29) is 6.09 Å². The van der Waals surface area contributed by atoms with Gasteiger partial charge in [-0.3, -0.25) is 0 Å². The molecule has 2 aliphatic rings. The maximum Gasteiger partial charge on any atom is 0.410 e. The minimum Gasteiger partial charge on any atom is -0.444 e. The molecule has 0 aromatic heterocycles. The van der Waals surface area contributed by atoms with Crippen molar-refractivity contribution in [2.75, 3.05) is 31.1 Å². The van der Waals surface area contributed by atoms with Crippen LogP contribution < -0.4 is 4.90 Å². The van der Waals surface area contributed by atoms with Gasteiger partial charge in [0.15, 0.2) is 0 Å². The van der Waals surface area contributed by atoms with Crippen LogP contribution in [0.1, 0.15) is 20.8 Å². The van der Waals surface area contributed by atoms with Gasteiger partial charge in [0, 0.05) is 36.9 Å². The molecule has 1 aromatic carbocycles. The van der Waals surface area contributed by atoms with Crippen molar-refractivity contribution in [3.8, 4) is 0 Å². The highest BCUT2D eigenvalue weighted by molar-refractivity contribution is 6.30. The van der Waals surface area contributed by atoms with Gasteiger partial charge in [0.05, 0.1) is 0 Å². The van der Waals surface area contributed by atoms with Crippen molar-refractivity contribution in [2.45, 2.75) is 26.4 Å². The molecule has 0 fully saturated rings. The number of amides is 1. The van der Waals surface area contributed by atoms with E-state index in [4.69, 9.17) is 16.3 Å². The third kappa shape index (κ3) is 3.22. The van der Waals surface area contributed by atoms with Gasteiger partial charge >= 0.3 is 6.09 Å². The predicted molar refractivity (Wildman–Crippen MR) is 88.5 cm³/mol. The first-order valence-corrected chi connectivity index (χ1v) is 7.88. The Morgan fingerprint density at radius 2 is 1.59 bits per heavy atom. The Kier molecular flexibility index (Phi) is 3.81. The van der Waals surface area contributed by atoms with E-state index in [1.165, 1.54) is 16.8 Å². The Labute approximate surface area is 136 Å². The van der Waals surface area contributed by atoms with E-state index in [1.807, 2.05) is 45.0 Å². The molecule has 0 spiro atoms. The first-order chi connectivity index (χ1) is 10.3. The van der Waals surface area contributed by atoms with Crippen molar-refractivity contribution in [3.05, 3.63) is 40.4 Å². The van der Waals surface area contributed by atoms with Crippen LogP contribution >= 0.6 is 11.6 Å².